The van der Waals surface area contributed by atoms with Crippen LogP contribution >= 0.6 is 11.3 Å². The number of nitrogens with zero attached hydrogens (tertiary/aromatic N) is 3. The number of anilines is 2. The molecule has 6 N–H and O–H groups in total. The van der Waals surface area contributed by atoms with E-state index in [2.05, 4.69) is 25.6 Å². The van der Waals surface area contributed by atoms with Crippen LogP contribution in [0.15, 0.2) is 10.9 Å². The van der Waals surface area contributed by atoms with Gasteiger partial charge in [-0.1, -0.05) is 0 Å². The molecule has 3 atom stereocenters. The number of aromatic nitrogens is 4. The van der Waals surface area contributed by atoms with Crippen molar-refractivity contribution in [2.45, 2.75) is 51.4 Å². The molecule has 0 spiro atoms. The number of pyridine rings is 1. The van der Waals surface area contributed by atoms with E-state index >= 15 is 0 Å². The molecule has 3 heterocycles. The van der Waals surface area contributed by atoms with E-state index < -0.39 is 17.7 Å². The van der Waals surface area contributed by atoms with E-state index in [0.29, 0.717) is 51.6 Å². The average molecular weight is 473 g/mol. The number of aliphatic hydroxyl groups excluding tert-OH is 2. The molecule has 2 aliphatic carbocycles. The Labute approximate surface area is 194 Å². The Morgan fingerprint density at radius 1 is 1.24 bits per heavy atom. The zero-order chi connectivity index (χ0) is 23.3. The quantitative estimate of drug-likeness (QED) is 0.282. The van der Waals surface area contributed by atoms with Crippen molar-refractivity contribution in [1.29, 1.82) is 0 Å². The van der Waals surface area contributed by atoms with Gasteiger partial charge in [-0.25, -0.2) is 9.97 Å². The highest BCUT2D eigenvalue weighted by molar-refractivity contribution is 7.21. The highest BCUT2D eigenvalue weighted by Crippen LogP contribution is 2.41. The standard InChI is InChI=1S/C22H28N6O4S/c1-10-16(20-26-17-11(2)24-15(30)7-14(17)33-20)19(27-21(25-10)23-8-12-3-4-12)28-22(32)6-5-13(9-29)18(22)31/h7,12-13,18,29,31-32H,3-6,8-9H2,1-2H3,(H,24,30)(H2,23,25,27,28)/t13-,18-,22-/m1/s1. The summed E-state index contributed by atoms with van der Waals surface area (Å²) in [6, 6.07) is 1.51. The predicted molar refractivity (Wildman–Crippen MR) is 126 cm³/mol. The predicted octanol–water partition coefficient (Wildman–Crippen LogP) is 1.74. The molecular formula is C22H28N6O4S. The fourth-order valence-electron chi connectivity index (χ4n) is 4.39. The molecule has 33 heavy (non-hydrogen) atoms. The van der Waals surface area contributed by atoms with E-state index in [-0.39, 0.29) is 18.6 Å². The van der Waals surface area contributed by atoms with Crippen molar-refractivity contribution in [1.82, 2.24) is 19.9 Å². The van der Waals surface area contributed by atoms with Gasteiger partial charge in [0.05, 0.1) is 16.0 Å². The minimum Gasteiger partial charge on any atom is -0.396 e. The maximum atomic E-state index is 11.9. The van der Waals surface area contributed by atoms with Crippen LogP contribution in [0, 0.1) is 25.7 Å². The molecule has 0 saturated heterocycles. The summed E-state index contributed by atoms with van der Waals surface area (Å²) in [5, 5.41) is 38.3. The third-order valence-electron chi connectivity index (χ3n) is 6.53. The first kappa shape index (κ1) is 22.2. The van der Waals surface area contributed by atoms with Crippen molar-refractivity contribution < 1.29 is 15.3 Å². The minimum absolute atomic E-state index is 0.195. The Bertz CT molecular complexity index is 1260. The summed E-state index contributed by atoms with van der Waals surface area (Å²) in [6.07, 6.45) is 1.97. The molecule has 3 aromatic rings. The van der Waals surface area contributed by atoms with Gasteiger partial charge in [0.2, 0.25) is 11.5 Å². The highest BCUT2D eigenvalue weighted by atomic mass is 32.1. The summed E-state index contributed by atoms with van der Waals surface area (Å²) in [6.45, 7) is 4.22. The van der Waals surface area contributed by atoms with Crippen molar-refractivity contribution in [3.63, 3.8) is 0 Å². The third kappa shape index (κ3) is 4.21. The molecule has 0 aromatic carbocycles. The van der Waals surface area contributed by atoms with Crippen LogP contribution in [-0.2, 0) is 0 Å². The van der Waals surface area contributed by atoms with Crippen LogP contribution in [-0.4, -0.2) is 60.2 Å². The lowest BCUT2D eigenvalue weighted by Gasteiger charge is -2.31. The van der Waals surface area contributed by atoms with E-state index in [9.17, 15) is 20.1 Å². The number of H-pyrrole nitrogens is 1. The molecular weight excluding hydrogens is 444 g/mol. The molecule has 2 saturated carbocycles. The van der Waals surface area contributed by atoms with Gasteiger partial charge in [-0.15, -0.1) is 11.3 Å². The first-order valence-corrected chi connectivity index (χ1v) is 12.0. The van der Waals surface area contributed by atoms with Gasteiger partial charge in [0.25, 0.3) is 0 Å². The van der Waals surface area contributed by atoms with Gasteiger partial charge in [0.1, 0.15) is 22.4 Å². The topological polar surface area (TPSA) is 156 Å². The van der Waals surface area contributed by atoms with E-state index in [4.69, 9.17) is 4.98 Å². The van der Waals surface area contributed by atoms with Crippen LogP contribution in [0.4, 0.5) is 11.8 Å². The van der Waals surface area contributed by atoms with Gasteiger partial charge in [-0.2, -0.15) is 4.98 Å². The maximum absolute atomic E-state index is 11.9. The summed E-state index contributed by atoms with van der Waals surface area (Å²) < 4.78 is 0.743. The zero-order valence-electron chi connectivity index (χ0n) is 18.6. The highest BCUT2D eigenvalue weighted by Gasteiger charge is 2.47. The van der Waals surface area contributed by atoms with Crippen molar-refractivity contribution in [3.8, 4) is 10.6 Å². The SMILES string of the molecule is Cc1nc(NCC2CC2)nc(N[C@@]2(O)CC[C@H](CO)[C@H]2O)c1-c1nc2c(C)[nH]c(=O)cc2s1. The molecule has 2 fully saturated rings. The van der Waals surface area contributed by atoms with Crippen molar-refractivity contribution >= 4 is 33.3 Å². The number of aryl methyl sites for hydroxylation is 2. The Morgan fingerprint density at radius 2 is 2.03 bits per heavy atom. The lowest BCUT2D eigenvalue weighted by molar-refractivity contribution is -0.0545. The van der Waals surface area contributed by atoms with Crippen molar-refractivity contribution in [2.24, 2.45) is 11.8 Å². The fraction of sp³-hybridized carbons (Fsp3) is 0.545. The van der Waals surface area contributed by atoms with Crippen LogP contribution < -0.4 is 16.2 Å². The number of fused-ring (bicyclic) bond motifs is 1. The molecule has 3 aromatic heterocycles. The third-order valence-corrected chi connectivity index (χ3v) is 7.55. The molecule has 0 amide bonds. The van der Waals surface area contributed by atoms with Crippen LogP contribution in [0.2, 0.25) is 0 Å². The lowest BCUT2D eigenvalue weighted by Crippen LogP contribution is -2.48. The monoisotopic (exact) mass is 472 g/mol. The van der Waals surface area contributed by atoms with E-state index in [1.165, 1.54) is 30.2 Å². The fourth-order valence-corrected chi connectivity index (χ4v) is 5.55. The lowest BCUT2D eigenvalue weighted by atomic mass is 10.0. The first-order valence-electron chi connectivity index (χ1n) is 11.2. The number of aromatic amines is 1. The van der Waals surface area contributed by atoms with Crippen molar-refractivity contribution in [2.75, 3.05) is 23.8 Å². The van der Waals surface area contributed by atoms with Crippen LogP contribution in [0.5, 0.6) is 0 Å². The Kier molecular flexibility index (Phi) is 5.60. The molecule has 11 heteroatoms. The summed E-state index contributed by atoms with van der Waals surface area (Å²) in [4.78, 5) is 28.7. The normalized spacial score (nSPS) is 25.0. The number of aliphatic hydroxyl groups is 3. The number of hydrogen-bond donors (Lipinski definition) is 6. The van der Waals surface area contributed by atoms with Crippen LogP contribution in [0.25, 0.3) is 20.8 Å². The molecule has 0 unspecified atom stereocenters. The van der Waals surface area contributed by atoms with Gasteiger partial charge >= 0.3 is 0 Å². The second kappa shape index (κ2) is 8.32. The number of thiazole rings is 1. The van der Waals surface area contributed by atoms with E-state index in [1.807, 2.05) is 6.92 Å². The second-order valence-electron chi connectivity index (χ2n) is 9.15. The maximum Gasteiger partial charge on any atom is 0.249 e. The molecule has 0 aliphatic heterocycles. The summed E-state index contributed by atoms with van der Waals surface area (Å²) in [7, 11) is 0. The van der Waals surface area contributed by atoms with Crippen molar-refractivity contribution in [3.05, 3.63) is 27.8 Å². The van der Waals surface area contributed by atoms with Gasteiger partial charge in [-0.3, -0.25) is 4.79 Å². The largest absolute Gasteiger partial charge is 0.396 e. The Hall–Kier alpha value is -2.60. The van der Waals surface area contributed by atoms with Crippen LogP contribution in [0.1, 0.15) is 37.1 Å². The number of hydrogen-bond acceptors (Lipinski definition) is 10. The first-order chi connectivity index (χ1) is 15.8. The molecule has 176 valence electrons. The molecule has 2 aliphatic rings. The average Bonchev–Trinajstić information content (AvgIpc) is 3.43. The smallest absolute Gasteiger partial charge is 0.249 e. The van der Waals surface area contributed by atoms with Crippen LogP contribution in [0.3, 0.4) is 0 Å². The van der Waals surface area contributed by atoms with E-state index in [0.717, 1.165) is 11.2 Å². The molecule has 0 bridgehead atoms. The Morgan fingerprint density at radius 3 is 2.73 bits per heavy atom. The molecule has 10 nitrogen and oxygen atoms in total. The van der Waals surface area contributed by atoms with E-state index in [1.54, 1.807) is 6.92 Å². The number of nitrogens with one attached hydrogen (secondary N) is 3. The summed E-state index contributed by atoms with van der Waals surface area (Å²) >= 11 is 1.35. The van der Waals surface area contributed by atoms with Gasteiger partial charge < -0.3 is 30.9 Å². The number of rotatable bonds is 7. The zero-order valence-corrected chi connectivity index (χ0v) is 19.4. The molecule has 0 radical (unpaired) electrons. The summed E-state index contributed by atoms with van der Waals surface area (Å²) in [5.41, 5.74) is 0.790. The van der Waals surface area contributed by atoms with Gasteiger partial charge in [0, 0.05) is 30.8 Å². The minimum atomic E-state index is -1.64. The van der Waals surface area contributed by atoms with Gasteiger partial charge in [-0.05, 0) is 45.4 Å². The summed E-state index contributed by atoms with van der Waals surface area (Å²) in [5.74, 6) is 0.996. The Balaban J connectivity index is 1.59. The molecule has 5 rings (SSSR count). The van der Waals surface area contributed by atoms with Gasteiger partial charge in [0.15, 0.2) is 5.72 Å². The second-order valence-corrected chi connectivity index (χ2v) is 10.2.